The van der Waals surface area contributed by atoms with E-state index in [1.165, 1.54) is 18.2 Å². The molecule has 0 radical (unpaired) electrons. The number of allylic oxidation sites excluding steroid dienone is 2. The van der Waals surface area contributed by atoms with Crippen LogP contribution in [0.15, 0.2) is 24.3 Å². The van der Waals surface area contributed by atoms with E-state index in [0.717, 1.165) is 0 Å². The molecule has 0 bridgehead atoms. The molecule has 0 rings (SSSR count). The van der Waals surface area contributed by atoms with Crippen LogP contribution in [-0.4, -0.2) is 49.9 Å². The molecular weight excluding hydrogens is 415 g/mol. The van der Waals surface area contributed by atoms with E-state index in [-0.39, 0.29) is 12.1 Å². The zero-order valence-electron chi connectivity index (χ0n) is 15.2. The Morgan fingerprint density at radius 1 is 0.840 bits per heavy atom. The van der Waals surface area contributed by atoms with Gasteiger partial charge in [-0.1, -0.05) is 28.1 Å². The van der Waals surface area contributed by atoms with Crippen LogP contribution < -0.4 is 0 Å². The van der Waals surface area contributed by atoms with Gasteiger partial charge in [-0.2, -0.15) is 0 Å². The topological polar surface area (TPSA) is 88.1 Å². The normalized spacial score (nSPS) is 11.2. The van der Waals surface area contributed by atoms with Crippen molar-refractivity contribution in [3.05, 3.63) is 24.3 Å². The molecule has 0 aromatic heterocycles. The Morgan fingerprint density at radius 3 is 1.64 bits per heavy atom. The molecule has 0 spiro atoms. The summed E-state index contributed by atoms with van der Waals surface area (Å²) in [6.07, 6.45) is 5.85. The quantitative estimate of drug-likeness (QED) is 0.207. The van der Waals surface area contributed by atoms with Crippen molar-refractivity contribution in [2.75, 3.05) is 37.9 Å². The lowest BCUT2D eigenvalue weighted by Gasteiger charge is -2.14. The number of rotatable bonds is 11. The van der Waals surface area contributed by atoms with Crippen LogP contribution in [0.5, 0.6) is 0 Å². The fourth-order valence-corrected chi connectivity index (χ4v) is 2.96. The Labute approximate surface area is 158 Å². The van der Waals surface area contributed by atoms with Crippen LogP contribution in [0.2, 0.25) is 0 Å². The molecule has 0 aliphatic carbocycles. The van der Waals surface area contributed by atoms with Gasteiger partial charge in [0.05, 0.1) is 32.6 Å². The Kier molecular flexibility index (Phi) is 18.8. The molecule has 0 heterocycles. The average molecular weight is 443 g/mol. The van der Waals surface area contributed by atoms with Gasteiger partial charge in [0.1, 0.15) is 0 Å². The van der Waals surface area contributed by atoms with Crippen molar-refractivity contribution < 1.29 is 32.7 Å². The minimum atomic E-state index is -3.09. The Hall–Kier alpha value is -0.950. The monoisotopic (exact) mass is 442 g/mol. The third kappa shape index (κ3) is 17.7. The summed E-state index contributed by atoms with van der Waals surface area (Å²) >= 11 is 3.13. The molecule has 0 aliphatic rings. The Morgan fingerprint density at radius 2 is 1.28 bits per heavy atom. The lowest BCUT2D eigenvalue weighted by molar-refractivity contribution is -0.138. The number of ether oxygens (including phenoxy) is 2. The summed E-state index contributed by atoms with van der Waals surface area (Å²) in [5.41, 5.74) is 0. The van der Waals surface area contributed by atoms with E-state index >= 15 is 0 Å². The standard InChI is InChI=1S/C10H19O5P.C6H9BrO2/c1-4-13-10(11)8-7-9-16(12,14-5-2)15-6-3;1-2-9-6(8)4-3-5-7/h7-8H,4-6,9H2,1-3H3;3-4H,2,5H2,1H3/b8-7+;4-3+. The number of halogens is 1. The molecule has 0 aliphatic heterocycles. The van der Waals surface area contributed by atoms with Crippen molar-refractivity contribution in [3.8, 4) is 0 Å². The van der Waals surface area contributed by atoms with Gasteiger partial charge in [0.15, 0.2) is 0 Å². The van der Waals surface area contributed by atoms with Gasteiger partial charge in [-0.25, -0.2) is 9.59 Å². The van der Waals surface area contributed by atoms with Crippen LogP contribution in [0, 0.1) is 0 Å². The average Bonchev–Trinajstić information content (AvgIpc) is 2.54. The van der Waals surface area contributed by atoms with Crippen LogP contribution in [0.1, 0.15) is 27.7 Å². The molecule has 0 amide bonds. The molecule has 0 N–H and O–H groups in total. The van der Waals surface area contributed by atoms with Gasteiger partial charge >= 0.3 is 19.5 Å². The maximum Gasteiger partial charge on any atom is 0.334 e. The Balaban J connectivity index is 0. The van der Waals surface area contributed by atoms with Crippen molar-refractivity contribution in [1.82, 2.24) is 0 Å². The number of carbonyl (C=O) groups excluding carboxylic acids is 2. The molecule has 0 unspecified atom stereocenters. The van der Waals surface area contributed by atoms with Crippen molar-refractivity contribution >= 4 is 35.5 Å². The summed E-state index contributed by atoms with van der Waals surface area (Å²) in [5, 5.41) is 0.686. The summed E-state index contributed by atoms with van der Waals surface area (Å²) in [6, 6.07) is 0. The summed E-state index contributed by atoms with van der Waals surface area (Å²) in [7, 11) is -3.09. The predicted octanol–water partition coefficient (Wildman–Crippen LogP) is 3.87. The third-order valence-electron chi connectivity index (χ3n) is 2.15. The lowest BCUT2D eigenvalue weighted by Crippen LogP contribution is -2.01. The molecule has 0 saturated heterocycles. The van der Waals surface area contributed by atoms with Gasteiger partial charge in [-0.15, -0.1) is 0 Å². The van der Waals surface area contributed by atoms with E-state index in [4.69, 9.17) is 9.05 Å². The number of hydrogen-bond acceptors (Lipinski definition) is 7. The SMILES string of the molecule is CCOC(=O)/C=C/CBr.CCOC(=O)/C=C/CP(=O)(OCC)OCC. The molecule has 7 nitrogen and oxygen atoms in total. The number of hydrogen-bond donors (Lipinski definition) is 0. The van der Waals surface area contributed by atoms with E-state index in [1.54, 1.807) is 33.8 Å². The minimum absolute atomic E-state index is 0.0769. The molecular formula is C16H28BrO7P. The van der Waals surface area contributed by atoms with E-state index in [9.17, 15) is 14.2 Å². The van der Waals surface area contributed by atoms with Gasteiger partial charge in [0.2, 0.25) is 0 Å². The highest BCUT2D eigenvalue weighted by atomic mass is 79.9. The molecule has 9 heteroatoms. The molecule has 0 saturated carbocycles. The second kappa shape index (κ2) is 17.9. The number of esters is 2. The van der Waals surface area contributed by atoms with Crippen LogP contribution >= 0.6 is 23.5 Å². The largest absolute Gasteiger partial charge is 0.463 e. The first-order valence-corrected chi connectivity index (χ1v) is 10.8. The van der Waals surface area contributed by atoms with Gasteiger partial charge in [-0.05, 0) is 27.7 Å². The highest BCUT2D eigenvalue weighted by Crippen LogP contribution is 2.47. The van der Waals surface area contributed by atoms with Gasteiger partial charge < -0.3 is 18.5 Å². The zero-order chi connectivity index (χ0) is 19.6. The first-order chi connectivity index (χ1) is 11.9. The van der Waals surface area contributed by atoms with Crippen molar-refractivity contribution in [2.45, 2.75) is 27.7 Å². The first kappa shape index (κ1) is 26.3. The second-order valence-electron chi connectivity index (χ2n) is 4.09. The molecule has 0 fully saturated rings. The highest BCUT2D eigenvalue weighted by molar-refractivity contribution is 9.09. The summed E-state index contributed by atoms with van der Waals surface area (Å²) in [6.45, 7) is 8.34. The number of alkyl halides is 1. The predicted molar refractivity (Wildman–Crippen MR) is 101 cm³/mol. The summed E-state index contributed by atoms with van der Waals surface area (Å²) < 4.78 is 31.3. The van der Waals surface area contributed by atoms with E-state index < -0.39 is 13.6 Å². The maximum absolute atomic E-state index is 11.9. The smallest absolute Gasteiger partial charge is 0.334 e. The lowest BCUT2D eigenvalue weighted by atomic mass is 10.5. The van der Waals surface area contributed by atoms with Gasteiger partial charge in [0.25, 0.3) is 0 Å². The second-order valence-corrected chi connectivity index (χ2v) is 6.84. The van der Waals surface area contributed by atoms with E-state index in [1.807, 2.05) is 0 Å². The van der Waals surface area contributed by atoms with Crippen LogP contribution in [0.25, 0.3) is 0 Å². The minimum Gasteiger partial charge on any atom is -0.463 e. The van der Waals surface area contributed by atoms with Crippen molar-refractivity contribution in [2.24, 2.45) is 0 Å². The van der Waals surface area contributed by atoms with Crippen LogP contribution in [-0.2, 0) is 32.7 Å². The van der Waals surface area contributed by atoms with Gasteiger partial charge in [0, 0.05) is 17.5 Å². The van der Waals surface area contributed by atoms with Gasteiger partial charge in [-0.3, -0.25) is 4.57 Å². The molecule has 0 aromatic carbocycles. The van der Waals surface area contributed by atoms with E-state index in [0.29, 0.717) is 31.8 Å². The van der Waals surface area contributed by atoms with Crippen molar-refractivity contribution in [3.63, 3.8) is 0 Å². The van der Waals surface area contributed by atoms with Crippen LogP contribution in [0.4, 0.5) is 0 Å². The van der Waals surface area contributed by atoms with E-state index in [2.05, 4.69) is 25.4 Å². The Bertz CT molecular complexity index is 453. The molecule has 0 aromatic rings. The summed E-state index contributed by atoms with van der Waals surface area (Å²) in [4.78, 5) is 21.4. The fraction of sp³-hybridized carbons (Fsp3) is 0.625. The summed E-state index contributed by atoms with van der Waals surface area (Å²) in [5.74, 6) is -0.737. The fourth-order valence-electron chi connectivity index (χ4n) is 1.34. The van der Waals surface area contributed by atoms with Crippen LogP contribution in [0.3, 0.4) is 0 Å². The third-order valence-corrected chi connectivity index (χ3v) is 4.49. The first-order valence-electron chi connectivity index (χ1n) is 7.99. The molecule has 0 atom stereocenters. The highest BCUT2D eigenvalue weighted by Gasteiger charge is 2.21. The zero-order valence-corrected chi connectivity index (χ0v) is 17.7. The number of carbonyl (C=O) groups is 2. The molecule has 146 valence electrons. The van der Waals surface area contributed by atoms with Crippen molar-refractivity contribution in [1.29, 1.82) is 0 Å². The maximum atomic E-state index is 11.9. The molecule has 25 heavy (non-hydrogen) atoms.